The van der Waals surface area contributed by atoms with Crippen molar-refractivity contribution < 1.29 is 9.53 Å². The van der Waals surface area contributed by atoms with Crippen LogP contribution in [0.3, 0.4) is 0 Å². The van der Waals surface area contributed by atoms with Crippen LogP contribution in [0.1, 0.15) is 84.0 Å². The highest BCUT2D eigenvalue weighted by Crippen LogP contribution is 2.09. The molecular weight excluding hydrogens is 236 g/mol. The van der Waals surface area contributed by atoms with E-state index in [-0.39, 0.29) is 5.97 Å². The minimum atomic E-state index is -0.0778. The molecule has 0 aromatic heterocycles. The van der Waals surface area contributed by atoms with Gasteiger partial charge >= 0.3 is 5.97 Å². The predicted octanol–water partition coefficient (Wildman–Crippen LogP) is 5.42. The Hall–Kier alpha value is -0.790. The summed E-state index contributed by atoms with van der Waals surface area (Å²) in [6.07, 6.45) is 19.0. The van der Waals surface area contributed by atoms with Crippen LogP contribution in [-0.2, 0) is 9.53 Å². The number of methoxy groups -OCH3 is 1. The van der Waals surface area contributed by atoms with Gasteiger partial charge in [-0.2, -0.15) is 0 Å². The maximum Gasteiger partial charge on any atom is 0.305 e. The fourth-order valence-electron chi connectivity index (χ4n) is 2.09. The lowest BCUT2D eigenvalue weighted by atomic mass is 10.1. The first-order valence-corrected chi connectivity index (χ1v) is 8.03. The Labute approximate surface area is 119 Å². The molecule has 0 aliphatic heterocycles. The summed E-state index contributed by atoms with van der Waals surface area (Å²) < 4.78 is 4.61. The van der Waals surface area contributed by atoms with Crippen molar-refractivity contribution in [1.82, 2.24) is 0 Å². The molecule has 0 saturated heterocycles. The van der Waals surface area contributed by atoms with Crippen molar-refractivity contribution in [2.75, 3.05) is 7.11 Å². The number of carbonyl (C=O) groups excluding carboxylic acids is 1. The van der Waals surface area contributed by atoms with Crippen LogP contribution >= 0.6 is 0 Å². The number of carbonyl (C=O) groups is 1. The molecule has 0 spiro atoms. The van der Waals surface area contributed by atoms with Gasteiger partial charge in [-0.15, -0.1) is 0 Å². The number of unbranched alkanes of at least 4 members (excludes halogenated alkanes) is 9. The van der Waals surface area contributed by atoms with Gasteiger partial charge in [-0.05, 0) is 32.1 Å². The van der Waals surface area contributed by atoms with Crippen LogP contribution < -0.4 is 0 Å². The minimum Gasteiger partial charge on any atom is -0.469 e. The summed E-state index contributed by atoms with van der Waals surface area (Å²) in [7, 11) is 1.46. The monoisotopic (exact) mass is 268 g/mol. The Balaban J connectivity index is 3.09. The summed E-state index contributed by atoms with van der Waals surface area (Å²) in [5.74, 6) is -0.0778. The van der Waals surface area contributed by atoms with E-state index in [1.807, 2.05) is 0 Å². The first kappa shape index (κ1) is 18.2. The van der Waals surface area contributed by atoms with Gasteiger partial charge in [-0.3, -0.25) is 4.79 Å². The van der Waals surface area contributed by atoms with Crippen molar-refractivity contribution >= 4 is 5.97 Å². The molecule has 0 atom stereocenters. The van der Waals surface area contributed by atoms with Gasteiger partial charge in [0, 0.05) is 6.42 Å². The Morgan fingerprint density at radius 1 is 0.842 bits per heavy atom. The van der Waals surface area contributed by atoms with E-state index in [9.17, 15) is 4.79 Å². The molecule has 112 valence electrons. The Bertz CT molecular complexity index is 221. The van der Waals surface area contributed by atoms with Crippen LogP contribution in [0.15, 0.2) is 12.2 Å². The van der Waals surface area contributed by atoms with Gasteiger partial charge in [0.25, 0.3) is 0 Å². The van der Waals surface area contributed by atoms with Crippen molar-refractivity contribution in [1.29, 1.82) is 0 Å². The maximum absolute atomic E-state index is 10.9. The largest absolute Gasteiger partial charge is 0.469 e. The van der Waals surface area contributed by atoms with Crippen molar-refractivity contribution in [3.05, 3.63) is 12.2 Å². The first-order valence-electron chi connectivity index (χ1n) is 8.03. The van der Waals surface area contributed by atoms with E-state index in [2.05, 4.69) is 23.8 Å². The molecule has 19 heavy (non-hydrogen) atoms. The van der Waals surface area contributed by atoms with Crippen LogP contribution in [0.2, 0.25) is 0 Å². The molecule has 0 unspecified atom stereocenters. The van der Waals surface area contributed by atoms with E-state index in [1.165, 1.54) is 64.9 Å². The van der Waals surface area contributed by atoms with E-state index in [4.69, 9.17) is 0 Å². The summed E-state index contributed by atoms with van der Waals surface area (Å²) >= 11 is 0. The molecule has 0 fully saturated rings. The zero-order valence-electron chi connectivity index (χ0n) is 13.0. The van der Waals surface area contributed by atoms with Gasteiger partial charge in [0.15, 0.2) is 0 Å². The molecule has 0 N–H and O–H groups in total. The summed E-state index contributed by atoms with van der Waals surface area (Å²) in [4.78, 5) is 10.9. The van der Waals surface area contributed by atoms with Crippen molar-refractivity contribution in [3.63, 3.8) is 0 Å². The van der Waals surface area contributed by atoms with Gasteiger partial charge in [0.2, 0.25) is 0 Å². The van der Waals surface area contributed by atoms with Crippen molar-refractivity contribution in [2.45, 2.75) is 84.0 Å². The molecule has 2 heteroatoms. The third-order valence-corrected chi connectivity index (χ3v) is 3.37. The minimum absolute atomic E-state index is 0.0778. The fraction of sp³-hybridized carbons (Fsp3) is 0.824. The highest BCUT2D eigenvalue weighted by molar-refractivity contribution is 5.68. The molecule has 0 radical (unpaired) electrons. The second-order valence-electron chi connectivity index (χ2n) is 5.20. The van der Waals surface area contributed by atoms with E-state index < -0.39 is 0 Å². The normalized spacial score (nSPS) is 11.1. The highest BCUT2D eigenvalue weighted by atomic mass is 16.5. The second-order valence-corrected chi connectivity index (χ2v) is 5.20. The van der Waals surface area contributed by atoms with Crippen molar-refractivity contribution in [2.24, 2.45) is 0 Å². The molecule has 0 bridgehead atoms. The molecule has 0 aliphatic rings. The third-order valence-electron chi connectivity index (χ3n) is 3.37. The number of ether oxygens (including phenoxy) is 1. The molecule has 0 amide bonds. The SMILES string of the molecule is CCCCCC/C=C\CCCCCCCC(=O)OC. The van der Waals surface area contributed by atoms with Crippen molar-refractivity contribution in [3.8, 4) is 0 Å². The molecule has 2 nitrogen and oxygen atoms in total. The van der Waals surface area contributed by atoms with Gasteiger partial charge in [0.1, 0.15) is 0 Å². The molecule has 0 saturated carbocycles. The lowest BCUT2D eigenvalue weighted by Gasteiger charge is -2.00. The number of esters is 1. The molecule has 0 aromatic rings. The van der Waals surface area contributed by atoms with Gasteiger partial charge in [0.05, 0.1) is 7.11 Å². The zero-order chi connectivity index (χ0) is 14.2. The highest BCUT2D eigenvalue weighted by Gasteiger charge is 1.98. The predicted molar refractivity (Wildman–Crippen MR) is 82.2 cm³/mol. The Morgan fingerprint density at radius 3 is 1.95 bits per heavy atom. The lowest BCUT2D eigenvalue weighted by Crippen LogP contribution is -1.98. The summed E-state index contributed by atoms with van der Waals surface area (Å²) in [5, 5.41) is 0. The number of hydrogen-bond acceptors (Lipinski definition) is 2. The number of hydrogen-bond donors (Lipinski definition) is 0. The smallest absolute Gasteiger partial charge is 0.305 e. The average molecular weight is 268 g/mol. The van der Waals surface area contributed by atoms with E-state index in [0.717, 1.165) is 12.8 Å². The fourth-order valence-corrected chi connectivity index (χ4v) is 2.09. The van der Waals surface area contributed by atoms with E-state index >= 15 is 0 Å². The Morgan fingerprint density at radius 2 is 1.37 bits per heavy atom. The van der Waals surface area contributed by atoms with Gasteiger partial charge < -0.3 is 4.74 Å². The number of allylic oxidation sites excluding steroid dienone is 2. The van der Waals surface area contributed by atoms with Crippen LogP contribution in [0.25, 0.3) is 0 Å². The first-order chi connectivity index (χ1) is 9.31. The molecule has 0 aromatic carbocycles. The summed E-state index contributed by atoms with van der Waals surface area (Å²) in [5.41, 5.74) is 0. The van der Waals surface area contributed by atoms with E-state index in [1.54, 1.807) is 0 Å². The van der Waals surface area contributed by atoms with Crippen LogP contribution in [0, 0.1) is 0 Å². The molecule has 0 aliphatic carbocycles. The van der Waals surface area contributed by atoms with E-state index in [0.29, 0.717) is 6.42 Å². The standard InChI is InChI=1S/C17H32O2/c1-3-4-5-6-7-8-9-10-11-12-13-14-15-16-17(18)19-2/h8-9H,3-7,10-16H2,1-2H3/b9-8-. The second kappa shape index (κ2) is 15.3. The molecular formula is C17H32O2. The summed E-state index contributed by atoms with van der Waals surface area (Å²) in [6.45, 7) is 2.25. The number of rotatable bonds is 13. The topological polar surface area (TPSA) is 26.3 Å². The Kier molecular flexibility index (Phi) is 14.6. The lowest BCUT2D eigenvalue weighted by molar-refractivity contribution is -0.140. The van der Waals surface area contributed by atoms with Gasteiger partial charge in [-0.1, -0.05) is 57.6 Å². The van der Waals surface area contributed by atoms with Crippen LogP contribution in [0.4, 0.5) is 0 Å². The molecule has 0 heterocycles. The van der Waals surface area contributed by atoms with Crippen LogP contribution in [-0.4, -0.2) is 13.1 Å². The quantitative estimate of drug-likeness (QED) is 0.253. The molecule has 0 rings (SSSR count). The maximum atomic E-state index is 10.9. The zero-order valence-corrected chi connectivity index (χ0v) is 13.0. The van der Waals surface area contributed by atoms with Gasteiger partial charge in [-0.25, -0.2) is 0 Å². The third kappa shape index (κ3) is 15.2. The average Bonchev–Trinajstić information content (AvgIpc) is 2.43. The summed E-state index contributed by atoms with van der Waals surface area (Å²) in [6, 6.07) is 0. The van der Waals surface area contributed by atoms with Crippen LogP contribution in [0.5, 0.6) is 0 Å².